The first kappa shape index (κ1) is 18.6. The molecular weight excluding hydrogens is 372 g/mol. The summed E-state index contributed by atoms with van der Waals surface area (Å²) in [7, 11) is 0. The van der Waals surface area contributed by atoms with Crippen molar-refractivity contribution >= 4 is 5.90 Å². The molecule has 1 N–H and O–H groups in total. The van der Waals surface area contributed by atoms with Crippen LogP contribution in [0.25, 0.3) is 0 Å². The van der Waals surface area contributed by atoms with Crippen molar-refractivity contribution in [1.82, 2.24) is 0 Å². The molecule has 2 aliphatic carbocycles. The predicted octanol–water partition coefficient (Wildman–Crippen LogP) is 2.53. The third-order valence-electron chi connectivity index (χ3n) is 7.51. The Morgan fingerprint density at radius 3 is 2.41 bits per heavy atom. The Balaban J connectivity index is 1.67. The Hall–Kier alpha value is -2.44. The number of rotatable bonds is 1. The summed E-state index contributed by atoms with van der Waals surface area (Å²) in [5, 5.41) is 39.6. The molecule has 3 heterocycles. The van der Waals surface area contributed by atoms with E-state index in [4.69, 9.17) is 24.4 Å². The molecule has 0 aromatic heterocycles. The van der Waals surface area contributed by atoms with Crippen LogP contribution in [0.3, 0.4) is 0 Å². The highest BCUT2D eigenvalue weighted by atomic mass is 16.7. The molecule has 8 heteroatoms. The first-order valence-corrected chi connectivity index (χ1v) is 10.1. The molecular formula is C21H22N4O4. The molecule has 3 saturated heterocycles. The highest BCUT2D eigenvalue weighted by Gasteiger charge is 2.82. The quantitative estimate of drug-likeness (QED) is 0.676. The molecule has 5 rings (SSSR count). The number of allylic oxidation sites excluding steroid dienone is 2. The highest BCUT2D eigenvalue weighted by molar-refractivity contribution is 5.89. The topological polar surface area (TPSA) is 132 Å². The van der Waals surface area contributed by atoms with Crippen LogP contribution < -0.4 is 0 Å². The molecule has 0 radical (unpaired) electrons. The molecule has 3 aliphatic heterocycles. The van der Waals surface area contributed by atoms with Gasteiger partial charge in [-0.15, -0.1) is 0 Å². The molecule has 0 aromatic rings. The molecule has 5 atom stereocenters. The summed E-state index contributed by atoms with van der Waals surface area (Å²) in [5.41, 5.74) is -3.56. The zero-order valence-electron chi connectivity index (χ0n) is 16.0. The zero-order chi connectivity index (χ0) is 20.3. The summed E-state index contributed by atoms with van der Waals surface area (Å²) in [6, 6.07) is 6.49. The Bertz CT molecular complexity index is 891. The van der Waals surface area contributed by atoms with Gasteiger partial charge in [0.05, 0.1) is 43.4 Å². The minimum absolute atomic E-state index is 0.0887. The largest absolute Gasteiger partial charge is 0.447 e. The fourth-order valence-corrected chi connectivity index (χ4v) is 6.12. The molecule has 1 saturated carbocycles. The highest BCUT2D eigenvalue weighted by Crippen LogP contribution is 2.69. The molecule has 5 aliphatic rings. The van der Waals surface area contributed by atoms with Gasteiger partial charge < -0.3 is 18.9 Å². The van der Waals surface area contributed by atoms with E-state index in [1.54, 1.807) is 0 Å². The van der Waals surface area contributed by atoms with Crippen molar-refractivity contribution in [3.8, 4) is 18.2 Å². The molecule has 4 fully saturated rings. The maximum absolute atomic E-state index is 10.4. The van der Waals surface area contributed by atoms with Gasteiger partial charge in [0.2, 0.25) is 11.7 Å². The zero-order valence-corrected chi connectivity index (χ0v) is 16.0. The number of hydrogen-bond donors (Lipinski definition) is 1. The van der Waals surface area contributed by atoms with Gasteiger partial charge in [-0.1, -0.05) is 12.2 Å². The number of nitrogens with one attached hydrogen (secondary N) is 1. The van der Waals surface area contributed by atoms with E-state index in [2.05, 4.69) is 24.3 Å². The Morgan fingerprint density at radius 1 is 1.03 bits per heavy atom. The maximum Gasteiger partial charge on any atom is 0.217 e. The van der Waals surface area contributed by atoms with E-state index in [1.165, 1.54) is 0 Å². The van der Waals surface area contributed by atoms with Gasteiger partial charge in [-0.25, -0.2) is 0 Å². The summed E-state index contributed by atoms with van der Waals surface area (Å²) in [5.74, 6) is -3.18. The van der Waals surface area contributed by atoms with E-state index in [-0.39, 0.29) is 18.2 Å². The molecule has 8 nitrogen and oxygen atoms in total. The first-order chi connectivity index (χ1) is 14.0. The molecule has 2 bridgehead atoms. The van der Waals surface area contributed by atoms with Crippen molar-refractivity contribution in [3.63, 3.8) is 0 Å². The molecule has 0 aromatic carbocycles. The van der Waals surface area contributed by atoms with Gasteiger partial charge in [0.25, 0.3) is 0 Å². The Labute approximate surface area is 169 Å². The predicted molar refractivity (Wildman–Crippen MR) is 96.6 cm³/mol. The molecule has 0 amide bonds. The van der Waals surface area contributed by atoms with Crippen LogP contribution in [0, 0.1) is 62.1 Å². The second kappa shape index (κ2) is 6.03. The number of nitriles is 3. The van der Waals surface area contributed by atoms with Crippen LogP contribution in [0.1, 0.15) is 38.5 Å². The molecule has 1 spiro atoms. The maximum atomic E-state index is 10.4. The average molecular weight is 394 g/mol. The molecule has 150 valence electrons. The van der Waals surface area contributed by atoms with Crippen LogP contribution in [0.4, 0.5) is 0 Å². The second-order valence-corrected chi connectivity index (χ2v) is 8.64. The van der Waals surface area contributed by atoms with Crippen LogP contribution in [-0.2, 0) is 18.9 Å². The third kappa shape index (κ3) is 2.08. The Kier molecular flexibility index (Phi) is 3.86. The lowest BCUT2D eigenvalue weighted by atomic mass is 9.50. The summed E-state index contributed by atoms with van der Waals surface area (Å²) < 4.78 is 24.2. The second-order valence-electron chi connectivity index (χ2n) is 8.64. The number of nitrogens with zero attached hydrogens (tertiary/aromatic N) is 3. The lowest BCUT2D eigenvalue weighted by Gasteiger charge is -2.55. The lowest BCUT2D eigenvalue weighted by Crippen LogP contribution is -2.67. The van der Waals surface area contributed by atoms with E-state index in [9.17, 15) is 15.8 Å². The van der Waals surface area contributed by atoms with Gasteiger partial charge in [0.1, 0.15) is 0 Å². The number of ether oxygens (including phenoxy) is 4. The Morgan fingerprint density at radius 2 is 1.79 bits per heavy atom. The first-order valence-electron chi connectivity index (χ1n) is 10.1. The van der Waals surface area contributed by atoms with Crippen molar-refractivity contribution in [2.75, 3.05) is 13.2 Å². The van der Waals surface area contributed by atoms with E-state index in [0.29, 0.717) is 32.5 Å². The normalized spacial score (nSPS) is 43.6. The van der Waals surface area contributed by atoms with E-state index in [1.807, 2.05) is 6.08 Å². The van der Waals surface area contributed by atoms with Crippen LogP contribution in [-0.4, -0.2) is 36.8 Å². The van der Waals surface area contributed by atoms with Gasteiger partial charge in [0.15, 0.2) is 16.6 Å². The average Bonchev–Trinajstić information content (AvgIpc) is 3.28. The smallest absolute Gasteiger partial charge is 0.217 e. The van der Waals surface area contributed by atoms with Crippen LogP contribution in [0.15, 0.2) is 12.2 Å². The monoisotopic (exact) mass is 394 g/mol. The van der Waals surface area contributed by atoms with Gasteiger partial charge >= 0.3 is 0 Å². The minimum Gasteiger partial charge on any atom is -0.447 e. The van der Waals surface area contributed by atoms with Gasteiger partial charge in [-0.3, -0.25) is 5.41 Å². The fourth-order valence-electron chi connectivity index (χ4n) is 6.12. The standard InChI is InChI=1S/C21H22N4O4/c22-11-18(12-23)16(14-4-2-1-3-5-14)28-21-7-6-19(26-8-9-27-19)10-15(21)20(18,13-24)17(25)29-21/h1-2,14-16,25H,3-10H2. The fraction of sp³-hybridized carbons (Fsp3) is 0.714. The summed E-state index contributed by atoms with van der Waals surface area (Å²) >= 11 is 0. The van der Waals surface area contributed by atoms with Crippen LogP contribution >= 0.6 is 0 Å². The summed E-state index contributed by atoms with van der Waals surface area (Å²) in [6.07, 6.45) is 6.72. The van der Waals surface area contributed by atoms with E-state index in [0.717, 1.165) is 12.8 Å². The van der Waals surface area contributed by atoms with E-state index >= 15 is 0 Å². The number of hydrogen-bond acceptors (Lipinski definition) is 8. The lowest BCUT2D eigenvalue weighted by molar-refractivity contribution is -0.335. The van der Waals surface area contributed by atoms with Gasteiger partial charge in [0, 0.05) is 19.3 Å². The van der Waals surface area contributed by atoms with Crippen molar-refractivity contribution in [1.29, 1.82) is 21.2 Å². The van der Waals surface area contributed by atoms with Crippen molar-refractivity contribution in [2.45, 2.75) is 56.2 Å². The van der Waals surface area contributed by atoms with E-state index < -0.39 is 34.4 Å². The van der Waals surface area contributed by atoms with Crippen LogP contribution in [0.5, 0.6) is 0 Å². The van der Waals surface area contributed by atoms with Crippen LogP contribution in [0.2, 0.25) is 0 Å². The van der Waals surface area contributed by atoms with Crippen molar-refractivity contribution in [2.24, 2.45) is 22.7 Å². The molecule has 5 unspecified atom stereocenters. The summed E-state index contributed by atoms with van der Waals surface area (Å²) in [6.45, 7) is 0.911. The minimum atomic E-state index is -1.84. The SMILES string of the molecule is N#CC1(C#N)C(C2CC=CCC2)OC23CCC4(CC2C1(C#N)C(=N)O3)OCCO4. The van der Waals surface area contributed by atoms with Crippen molar-refractivity contribution < 1.29 is 18.9 Å². The van der Waals surface area contributed by atoms with Crippen molar-refractivity contribution in [3.05, 3.63) is 12.2 Å². The van der Waals surface area contributed by atoms with Gasteiger partial charge in [-0.2, -0.15) is 15.8 Å². The molecule has 29 heavy (non-hydrogen) atoms. The summed E-state index contributed by atoms with van der Waals surface area (Å²) in [4.78, 5) is 0. The third-order valence-corrected chi connectivity index (χ3v) is 7.51. The van der Waals surface area contributed by atoms with Gasteiger partial charge in [-0.05, 0) is 25.2 Å².